The molecule has 0 unspecified atom stereocenters. The zero-order valence-electron chi connectivity index (χ0n) is 6.74. The van der Waals surface area contributed by atoms with Gasteiger partial charge in [-0.05, 0) is 31.0 Å². The van der Waals surface area contributed by atoms with Crippen LogP contribution in [0.4, 0.5) is 13.2 Å². The molecule has 0 aliphatic carbocycles. The van der Waals surface area contributed by atoms with Crippen molar-refractivity contribution in [2.45, 2.75) is 20.0 Å². The lowest BCUT2D eigenvalue weighted by Crippen LogP contribution is -2.10. The third-order valence-corrected chi connectivity index (χ3v) is 1.74. The molecule has 1 heterocycles. The highest BCUT2D eigenvalue weighted by atomic mass is 19.4. The summed E-state index contributed by atoms with van der Waals surface area (Å²) in [5, 5.41) is 0. The minimum Gasteiger partial charge on any atom is -0.252 e. The van der Waals surface area contributed by atoms with Gasteiger partial charge in [-0.1, -0.05) is 0 Å². The van der Waals surface area contributed by atoms with Gasteiger partial charge in [0.1, 0.15) is 5.69 Å². The highest BCUT2D eigenvalue weighted by Crippen LogP contribution is 2.30. The maximum absolute atomic E-state index is 12.2. The lowest BCUT2D eigenvalue weighted by Gasteiger charge is -2.09. The van der Waals surface area contributed by atoms with Crippen LogP contribution in [0.15, 0.2) is 12.3 Å². The van der Waals surface area contributed by atoms with Crippen molar-refractivity contribution in [2.75, 3.05) is 0 Å². The van der Waals surface area contributed by atoms with Crippen LogP contribution in [-0.4, -0.2) is 4.98 Å². The number of rotatable bonds is 0. The van der Waals surface area contributed by atoms with E-state index in [0.29, 0.717) is 5.56 Å². The van der Waals surface area contributed by atoms with Crippen LogP contribution >= 0.6 is 0 Å². The Morgan fingerprint density at radius 2 is 1.83 bits per heavy atom. The van der Waals surface area contributed by atoms with Gasteiger partial charge in [-0.2, -0.15) is 13.2 Å². The van der Waals surface area contributed by atoms with Crippen molar-refractivity contribution in [3.8, 4) is 0 Å². The van der Waals surface area contributed by atoms with Crippen molar-refractivity contribution in [1.29, 1.82) is 0 Å². The summed E-state index contributed by atoms with van der Waals surface area (Å²) >= 11 is 0. The molecule has 66 valence electrons. The van der Waals surface area contributed by atoms with Crippen molar-refractivity contribution >= 4 is 0 Å². The van der Waals surface area contributed by atoms with Gasteiger partial charge in [-0.3, -0.25) is 4.98 Å². The summed E-state index contributed by atoms with van der Waals surface area (Å²) < 4.78 is 36.5. The van der Waals surface area contributed by atoms with Crippen molar-refractivity contribution in [1.82, 2.24) is 4.98 Å². The number of halogens is 3. The van der Waals surface area contributed by atoms with Crippen molar-refractivity contribution in [3.63, 3.8) is 0 Å². The largest absolute Gasteiger partial charge is 0.433 e. The SMILES string of the molecule is Cc1ccnc(C(F)(F)F)c1C. The van der Waals surface area contributed by atoms with E-state index in [9.17, 15) is 13.2 Å². The Balaban J connectivity index is 3.26. The summed E-state index contributed by atoms with van der Waals surface area (Å²) in [6.07, 6.45) is -3.17. The van der Waals surface area contributed by atoms with E-state index in [-0.39, 0.29) is 5.56 Å². The third kappa shape index (κ3) is 1.57. The molecule has 0 N–H and O–H groups in total. The predicted molar refractivity (Wildman–Crippen MR) is 38.7 cm³/mol. The third-order valence-electron chi connectivity index (χ3n) is 1.74. The fourth-order valence-electron chi connectivity index (χ4n) is 0.918. The van der Waals surface area contributed by atoms with Crippen molar-refractivity contribution < 1.29 is 13.2 Å². The first-order valence-electron chi connectivity index (χ1n) is 3.42. The number of hydrogen-bond donors (Lipinski definition) is 0. The Morgan fingerprint density at radius 1 is 1.25 bits per heavy atom. The molecule has 0 aliphatic heterocycles. The van der Waals surface area contributed by atoms with E-state index in [1.165, 1.54) is 13.1 Å². The van der Waals surface area contributed by atoms with E-state index in [1.54, 1.807) is 13.0 Å². The summed E-state index contributed by atoms with van der Waals surface area (Å²) in [5.41, 5.74) is 0.0184. The molecule has 12 heavy (non-hydrogen) atoms. The van der Waals surface area contributed by atoms with Gasteiger partial charge in [-0.15, -0.1) is 0 Å². The van der Waals surface area contributed by atoms with Crippen LogP contribution in [0.3, 0.4) is 0 Å². The maximum Gasteiger partial charge on any atom is 0.433 e. The second-order valence-corrected chi connectivity index (χ2v) is 2.60. The topological polar surface area (TPSA) is 12.9 Å². The lowest BCUT2D eigenvalue weighted by atomic mass is 10.1. The molecule has 0 bridgehead atoms. The van der Waals surface area contributed by atoms with E-state index in [1.807, 2.05) is 0 Å². The summed E-state index contributed by atoms with van der Waals surface area (Å²) in [6, 6.07) is 1.56. The molecule has 0 aromatic carbocycles. The molecule has 0 fully saturated rings. The molecule has 1 aromatic rings. The van der Waals surface area contributed by atoms with E-state index in [2.05, 4.69) is 4.98 Å². The predicted octanol–water partition coefficient (Wildman–Crippen LogP) is 2.72. The van der Waals surface area contributed by atoms with Gasteiger partial charge in [0, 0.05) is 6.20 Å². The number of nitrogens with zero attached hydrogens (tertiary/aromatic N) is 1. The summed E-state index contributed by atoms with van der Waals surface area (Å²) in [5.74, 6) is 0. The van der Waals surface area contributed by atoms with E-state index >= 15 is 0 Å². The zero-order chi connectivity index (χ0) is 9.35. The molecule has 1 nitrogen and oxygen atoms in total. The van der Waals surface area contributed by atoms with Gasteiger partial charge in [0.05, 0.1) is 0 Å². The molecular formula is C8H8F3N. The molecule has 0 radical (unpaired) electrons. The molecular weight excluding hydrogens is 167 g/mol. The second kappa shape index (κ2) is 2.77. The first kappa shape index (κ1) is 9.03. The molecule has 0 atom stereocenters. The highest BCUT2D eigenvalue weighted by Gasteiger charge is 2.34. The monoisotopic (exact) mass is 175 g/mol. The van der Waals surface area contributed by atoms with Crippen molar-refractivity contribution in [2.24, 2.45) is 0 Å². The average Bonchev–Trinajstić information content (AvgIpc) is 1.92. The molecule has 0 saturated carbocycles. The van der Waals surface area contributed by atoms with Crippen LogP contribution < -0.4 is 0 Å². The molecule has 0 amide bonds. The fourth-order valence-corrected chi connectivity index (χ4v) is 0.918. The van der Waals surface area contributed by atoms with Gasteiger partial charge in [0.25, 0.3) is 0 Å². The lowest BCUT2D eigenvalue weighted by molar-refractivity contribution is -0.141. The first-order valence-corrected chi connectivity index (χ1v) is 3.42. The van der Waals surface area contributed by atoms with Gasteiger partial charge < -0.3 is 0 Å². The second-order valence-electron chi connectivity index (χ2n) is 2.60. The van der Waals surface area contributed by atoms with Crippen LogP contribution in [-0.2, 0) is 6.18 Å². The molecule has 1 aromatic heterocycles. The van der Waals surface area contributed by atoms with Crippen LogP contribution in [0, 0.1) is 13.8 Å². The van der Waals surface area contributed by atoms with Crippen molar-refractivity contribution in [3.05, 3.63) is 29.1 Å². The smallest absolute Gasteiger partial charge is 0.252 e. The normalized spacial score (nSPS) is 11.8. The Hall–Kier alpha value is -1.06. The first-order chi connectivity index (χ1) is 5.43. The number of aromatic nitrogens is 1. The van der Waals surface area contributed by atoms with Crippen LogP contribution in [0.25, 0.3) is 0 Å². The van der Waals surface area contributed by atoms with Crippen LogP contribution in [0.1, 0.15) is 16.8 Å². The molecule has 0 aliphatic rings. The van der Waals surface area contributed by atoms with E-state index < -0.39 is 11.9 Å². The number of pyridine rings is 1. The van der Waals surface area contributed by atoms with Crippen LogP contribution in [0.2, 0.25) is 0 Å². The Bertz CT molecular complexity index is 291. The van der Waals surface area contributed by atoms with Gasteiger partial charge >= 0.3 is 6.18 Å². The standard InChI is InChI=1S/C8H8F3N/c1-5-3-4-12-7(6(5)2)8(9,10)11/h3-4H,1-2H3. The highest BCUT2D eigenvalue weighted by molar-refractivity contribution is 5.28. The molecule has 4 heteroatoms. The zero-order valence-corrected chi connectivity index (χ0v) is 6.74. The quantitative estimate of drug-likeness (QED) is 0.590. The van der Waals surface area contributed by atoms with E-state index in [4.69, 9.17) is 0 Å². The maximum atomic E-state index is 12.2. The minimum absolute atomic E-state index is 0.199. The van der Waals surface area contributed by atoms with Gasteiger partial charge in [0.2, 0.25) is 0 Å². The van der Waals surface area contributed by atoms with Crippen LogP contribution in [0.5, 0.6) is 0 Å². The number of alkyl halides is 3. The molecule has 0 spiro atoms. The Morgan fingerprint density at radius 3 is 2.25 bits per heavy atom. The van der Waals surface area contributed by atoms with Gasteiger partial charge in [0.15, 0.2) is 0 Å². The van der Waals surface area contributed by atoms with Gasteiger partial charge in [-0.25, -0.2) is 0 Å². The molecule has 1 rings (SSSR count). The summed E-state index contributed by atoms with van der Waals surface area (Å²) in [4.78, 5) is 3.29. The number of aryl methyl sites for hydroxylation is 1. The Kier molecular flexibility index (Phi) is 2.08. The average molecular weight is 175 g/mol. The fraction of sp³-hybridized carbons (Fsp3) is 0.375. The van der Waals surface area contributed by atoms with E-state index in [0.717, 1.165) is 0 Å². The summed E-state index contributed by atoms with van der Waals surface area (Å²) in [7, 11) is 0. The minimum atomic E-state index is -4.34. The summed E-state index contributed by atoms with van der Waals surface area (Å²) in [6.45, 7) is 3.05. The Labute approximate surface area is 68.2 Å². The molecule has 0 saturated heterocycles. The number of hydrogen-bond acceptors (Lipinski definition) is 1.